The van der Waals surface area contributed by atoms with Crippen LogP contribution in [0.3, 0.4) is 0 Å². The van der Waals surface area contributed by atoms with Gasteiger partial charge in [-0.2, -0.15) is 0 Å². The van der Waals surface area contributed by atoms with Crippen LogP contribution in [0, 0.1) is 5.92 Å². The molecule has 3 aromatic rings. The first-order valence-electron chi connectivity index (χ1n) is 10.2. The first-order chi connectivity index (χ1) is 15.5. The molecule has 2 fully saturated rings. The molecule has 3 atom stereocenters. The summed E-state index contributed by atoms with van der Waals surface area (Å²) in [6.45, 7) is 1.47. The third-order valence-corrected chi connectivity index (χ3v) is 6.34. The maximum atomic E-state index is 13.6. The van der Waals surface area contributed by atoms with E-state index in [4.69, 9.17) is 4.84 Å². The Bertz CT molecular complexity index is 1210. The number of anilines is 2. The molecule has 0 spiro atoms. The lowest BCUT2D eigenvalue weighted by Crippen LogP contribution is -2.37. The van der Waals surface area contributed by atoms with Crippen LogP contribution in [0.4, 0.5) is 11.4 Å². The monoisotopic (exact) mass is 490 g/mol. The highest BCUT2D eigenvalue weighted by Gasteiger charge is 2.60. The van der Waals surface area contributed by atoms with E-state index in [-0.39, 0.29) is 11.7 Å². The molecule has 160 valence electrons. The van der Waals surface area contributed by atoms with Crippen LogP contribution in [0.1, 0.15) is 28.9 Å². The van der Waals surface area contributed by atoms with E-state index in [0.29, 0.717) is 11.3 Å². The van der Waals surface area contributed by atoms with Crippen molar-refractivity contribution in [1.82, 2.24) is 0 Å². The Morgan fingerprint density at radius 3 is 2.25 bits per heavy atom. The summed E-state index contributed by atoms with van der Waals surface area (Å²) in [6, 6.07) is 23.1. The zero-order chi connectivity index (χ0) is 22.4. The highest BCUT2D eigenvalue weighted by molar-refractivity contribution is 9.10. The maximum absolute atomic E-state index is 13.6. The maximum Gasteiger partial charge on any atom is 0.266 e. The van der Waals surface area contributed by atoms with E-state index < -0.39 is 24.0 Å². The topological polar surface area (TPSA) is 66.9 Å². The molecule has 0 N–H and O–H groups in total. The molecule has 0 radical (unpaired) electrons. The lowest BCUT2D eigenvalue weighted by atomic mass is 9.90. The molecule has 32 heavy (non-hydrogen) atoms. The standard InChI is InChI=1S/C25H19BrN2O4/c1-15(29)16-10-12-19(13-11-16)27-24(30)21-22(17-6-5-7-18(26)14-17)28(32-23(21)25(27)31)20-8-3-2-4-9-20/h2-14,21-23H,1H3. The summed E-state index contributed by atoms with van der Waals surface area (Å²) < 4.78 is 0.875. The number of hydrogen-bond donors (Lipinski definition) is 0. The third-order valence-electron chi connectivity index (χ3n) is 5.85. The van der Waals surface area contributed by atoms with Crippen molar-refractivity contribution >= 4 is 44.9 Å². The van der Waals surface area contributed by atoms with Crippen molar-refractivity contribution in [3.8, 4) is 0 Å². The first kappa shape index (κ1) is 20.6. The van der Waals surface area contributed by atoms with Crippen molar-refractivity contribution in [3.63, 3.8) is 0 Å². The van der Waals surface area contributed by atoms with Crippen molar-refractivity contribution in [2.24, 2.45) is 5.92 Å². The molecule has 0 aromatic heterocycles. The molecule has 3 unspecified atom stereocenters. The van der Waals surface area contributed by atoms with Gasteiger partial charge in [0.1, 0.15) is 5.92 Å². The van der Waals surface area contributed by atoms with Gasteiger partial charge >= 0.3 is 0 Å². The third kappa shape index (κ3) is 3.34. The average Bonchev–Trinajstić information content (AvgIpc) is 3.30. The van der Waals surface area contributed by atoms with E-state index in [2.05, 4.69) is 15.9 Å². The summed E-state index contributed by atoms with van der Waals surface area (Å²) in [4.78, 5) is 45.8. The second-order valence-electron chi connectivity index (χ2n) is 7.83. The van der Waals surface area contributed by atoms with E-state index in [9.17, 15) is 14.4 Å². The molecule has 2 amide bonds. The Balaban J connectivity index is 1.56. The SMILES string of the molecule is CC(=O)c1ccc(N2C(=O)C3ON(c4ccccc4)C(c4cccc(Br)c4)C3C2=O)cc1. The van der Waals surface area contributed by atoms with Gasteiger partial charge in [-0.15, -0.1) is 0 Å². The van der Waals surface area contributed by atoms with Gasteiger partial charge in [-0.1, -0.05) is 46.3 Å². The largest absolute Gasteiger partial charge is 0.295 e. The Labute approximate surface area is 193 Å². The number of rotatable bonds is 4. The predicted octanol–water partition coefficient (Wildman–Crippen LogP) is 4.70. The quantitative estimate of drug-likeness (QED) is 0.391. The number of benzene rings is 3. The summed E-state index contributed by atoms with van der Waals surface area (Å²) in [5.74, 6) is -1.51. The molecule has 3 aromatic carbocycles. The van der Waals surface area contributed by atoms with Crippen LogP contribution in [0.25, 0.3) is 0 Å². The zero-order valence-corrected chi connectivity index (χ0v) is 18.7. The fourth-order valence-corrected chi connectivity index (χ4v) is 4.76. The van der Waals surface area contributed by atoms with E-state index >= 15 is 0 Å². The van der Waals surface area contributed by atoms with Crippen LogP contribution in [-0.2, 0) is 14.4 Å². The summed E-state index contributed by atoms with van der Waals surface area (Å²) in [7, 11) is 0. The number of carbonyl (C=O) groups excluding carboxylic acids is 3. The number of para-hydroxylation sites is 1. The number of nitrogens with zero attached hydrogens (tertiary/aromatic N) is 2. The predicted molar refractivity (Wildman–Crippen MR) is 123 cm³/mol. The Morgan fingerprint density at radius 1 is 0.875 bits per heavy atom. The summed E-state index contributed by atoms with van der Waals surface area (Å²) in [6.07, 6.45) is -0.931. The van der Waals surface area contributed by atoms with Crippen LogP contribution in [-0.4, -0.2) is 23.7 Å². The number of fused-ring (bicyclic) bond motifs is 1. The number of imide groups is 1. The van der Waals surface area contributed by atoms with Gasteiger partial charge in [0, 0.05) is 10.0 Å². The second kappa shape index (κ2) is 8.00. The number of amides is 2. The van der Waals surface area contributed by atoms with Crippen LogP contribution in [0.5, 0.6) is 0 Å². The number of carbonyl (C=O) groups is 3. The van der Waals surface area contributed by atoms with E-state index in [1.54, 1.807) is 29.3 Å². The number of hydrogen-bond acceptors (Lipinski definition) is 5. The number of halogens is 1. The number of Topliss-reactive ketones (excluding diaryl/α,β-unsaturated/α-hetero) is 1. The minimum atomic E-state index is -0.931. The fourth-order valence-electron chi connectivity index (χ4n) is 4.34. The fraction of sp³-hybridized carbons (Fsp3) is 0.160. The molecule has 0 aliphatic carbocycles. The van der Waals surface area contributed by atoms with Gasteiger partial charge < -0.3 is 0 Å². The van der Waals surface area contributed by atoms with Crippen molar-refractivity contribution < 1.29 is 19.2 Å². The minimum Gasteiger partial charge on any atom is -0.295 e. The van der Waals surface area contributed by atoms with E-state index in [1.807, 2.05) is 54.6 Å². The molecular formula is C25H19BrN2O4. The Hall–Kier alpha value is -3.29. The second-order valence-corrected chi connectivity index (χ2v) is 8.74. The molecule has 2 heterocycles. The van der Waals surface area contributed by atoms with Gasteiger partial charge in [0.05, 0.1) is 17.4 Å². The van der Waals surface area contributed by atoms with Gasteiger partial charge in [0.25, 0.3) is 5.91 Å². The highest BCUT2D eigenvalue weighted by Crippen LogP contribution is 2.47. The highest BCUT2D eigenvalue weighted by atomic mass is 79.9. The smallest absolute Gasteiger partial charge is 0.266 e. The molecule has 5 rings (SSSR count). The molecule has 7 heteroatoms. The molecule has 2 aliphatic rings. The lowest BCUT2D eigenvalue weighted by molar-refractivity contribution is -0.126. The van der Waals surface area contributed by atoms with Crippen molar-refractivity contribution in [2.45, 2.75) is 19.1 Å². The molecule has 0 bridgehead atoms. The van der Waals surface area contributed by atoms with Crippen LogP contribution in [0.2, 0.25) is 0 Å². The molecule has 2 aliphatic heterocycles. The molecule has 0 saturated carbocycles. The normalized spacial score (nSPS) is 22.4. The number of hydroxylamine groups is 1. The van der Waals surface area contributed by atoms with Crippen LogP contribution >= 0.6 is 15.9 Å². The molecule has 2 saturated heterocycles. The van der Waals surface area contributed by atoms with Crippen LogP contribution < -0.4 is 9.96 Å². The Kier molecular flexibility index (Phi) is 5.15. The average molecular weight is 491 g/mol. The van der Waals surface area contributed by atoms with Gasteiger partial charge in [0.15, 0.2) is 11.9 Å². The zero-order valence-electron chi connectivity index (χ0n) is 17.1. The summed E-state index contributed by atoms with van der Waals surface area (Å²) in [5.41, 5.74) is 2.59. The van der Waals surface area contributed by atoms with Crippen molar-refractivity contribution in [1.29, 1.82) is 0 Å². The lowest BCUT2D eigenvalue weighted by Gasteiger charge is -2.28. The van der Waals surface area contributed by atoms with Crippen LogP contribution in [0.15, 0.2) is 83.3 Å². The van der Waals surface area contributed by atoms with Gasteiger partial charge in [-0.25, -0.2) is 9.96 Å². The summed E-state index contributed by atoms with van der Waals surface area (Å²) in [5, 5.41) is 1.67. The van der Waals surface area contributed by atoms with Crippen molar-refractivity contribution in [2.75, 3.05) is 9.96 Å². The molecule has 6 nitrogen and oxygen atoms in total. The van der Waals surface area contributed by atoms with Gasteiger partial charge in [0.2, 0.25) is 5.91 Å². The minimum absolute atomic E-state index is 0.0796. The van der Waals surface area contributed by atoms with Crippen molar-refractivity contribution in [3.05, 3.63) is 94.5 Å². The summed E-state index contributed by atoms with van der Waals surface area (Å²) >= 11 is 3.50. The van der Waals surface area contributed by atoms with Gasteiger partial charge in [-0.3, -0.25) is 19.2 Å². The first-order valence-corrected chi connectivity index (χ1v) is 11.0. The van der Waals surface area contributed by atoms with E-state index in [0.717, 1.165) is 15.7 Å². The molecular weight excluding hydrogens is 472 g/mol. The number of ketones is 1. The van der Waals surface area contributed by atoms with Gasteiger partial charge in [-0.05, 0) is 61.0 Å². The van der Waals surface area contributed by atoms with E-state index in [1.165, 1.54) is 11.8 Å². The Morgan fingerprint density at radius 2 is 1.59 bits per heavy atom.